The van der Waals surface area contributed by atoms with Crippen LogP contribution in [0.1, 0.15) is 38.2 Å². The second-order valence-corrected chi connectivity index (χ2v) is 7.94. The van der Waals surface area contributed by atoms with E-state index in [-0.39, 0.29) is 17.9 Å². The number of piperidine rings is 1. The number of benzene rings is 1. The Labute approximate surface area is 160 Å². The number of para-hydroxylation sites is 1. The van der Waals surface area contributed by atoms with Crippen molar-refractivity contribution >= 4 is 34.5 Å². The number of aliphatic carboxylic acids is 1. The first-order valence-corrected chi connectivity index (χ1v) is 10.2. The molecule has 3 rings (SSSR count). The van der Waals surface area contributed by atoms with Gasteiger partial charge in [0.25, 0.3) is 0 Å². The summed E-state index contributed by atoms with van der Waals surface area (Å²) in [6.07, 6.45) is 3.71. The van der Waals surface area contributed by atoms with E-state index in [9.17, 15) is 18.0 Å². The molecule has 0 saturated carbocycles. The molecule has 1 N–H and O–H groups in total. The molecule has 146 valence electrons. The van der Waals surface area contributed by atoms with Gasteiger partial charge < -0.3 is 10.0 Å². The van der Waals surface area contributed by atoms with E-state index in [2.05, 4.69) is 0 Å². The molecule has 27 heavy (non-hydrogen) atoms. The minimum atomic E-state index is -2.78. The van der Waals surface area contributed by atoms with Crippen molar-refractivity contribution in [2.24, 2.45) is 5.92 Å². The van der Waals surface area contributed by atoms with E-state index in [1.807, 2.05) is 25.1 Å². The number of amides is 1. The zero-order chi connectivity index (χ0) is 19.6. The highest BCUT2D eigenvalue weighted by Crippen LogP contribution is 2.34. The number of carbonyl (C=O) groups is 2. The fourth-order valence-corrected chi connectivity index (χ4v) is 4.59. The predicted octanol–water partition coefficient (Wildman–Crippen LogP) is 1.91. The monoisotopic (exact) mass is 392 g/mol. The third-order valence-electron chi connectivity index (χ3n) is 5.43. The van der Waals surface area contributed by atoms with Gasteiger partial charge in [0, 0.05) is 19.5 Å². The standard InChI is InChI=1S/C19H24N2O5S/c1-13-15(12-16-4-2-3-5-17(16)21(13)27(25)26)6-7-18(22)20-10-8-14(9-11-20)19(23)24/h2-5,12-14,27H,6-11H2,1H3,(H,23,24)/t13-/m1/s1. The van der Waals surface area contributed by atoms with Gasteiger partial charge in [-0.05, 0) is 43.4 Å². The van der Waals surface area contributed by atoms with Gasteiger partial charge in [-0.3, -0.25) is 13.9 Å². The molecule has 7 nitrogen and oxygen atoms in total. The van der Waals surface area contributed by atoms with E-state index in [1.165, 1.54) is 4.31 Å². The van der Waals surface area contributed by atoms with Crippen LogP contribution in [0.3, 0.4) is 0 Å². The van der Waals surface area contributed by atoms with Crippen molar-refractivity contribution in [1.29, 1.82) is 0 Å². The predicted molar refractivity (Wildman–Crippen MR) is 103 cm³/mol. The van der Waals surface area contributed by atoms with Crippen LogP contribution in [-0.4, -0.2) is 49.4 Å². The Kier molecular flexibility index (Phi) is 5.84. The molecule has 1 aromatic rings. The van der Waals surface area contributed by atoms with E-state index >= 15 is 0 Å². The summed E-state index contributed by atoms with van der Waals surface area (Å²) in [5, 5.41) is 9.05. The van der Waals surface area contributed by atoms with Gasteiger partial charge in [0.05, 0.1) is 17.6 Å². The fraction of sp³-hybridized carbons (Fsp3) is 0.474. The van der Waals surface area contributed by atoms with Gasteiger partial charge in [-0.25, -0.2) is 8.42 Å². The normalized spacial score (nSPS) is 20.4. The lowest BCUT2D eigenvalue weighted by atomic mass is 9.94. The van der Waals surface area contributed by atoms with Gasteiger partial charge in [-0.2, -0.15) is 0 Å². The van der Waals surface area contributed by atoms with Crippen LogP contribution >= 0.6 is 0 Å². The molecule has 0 aromatic heterocycles. The largest absolute Gasteiger partial charge is 0.481 e. The van der Waals surface area contributed by atoms with Crippen molar-refractivity contribution in [3.8, 4) is 0 Å². The number of hydrogen-bond donors (Lipinski definition) is 2. The summed E-state index contributed by atoms with van der Waals surface area (Å²) in [6.45, 7) is 2.76. The average molecular weight is 392 g/mol. The summed E-state index contributed by atoms with van der Waals surface area (Å²) in [6, 6.07) is 6.98. The van der Waals surface area contributed by atoms with Crippen LogP contribution in [0, 0.1) is 5.92 Å². The summed E-state index contributed by atoms with van der Waals surface area (Å²) in [4.78, 5) is 25.2. The maximum absolute atomic E-state index is 12.5. The van der Waals surface area contributed by atoms with E-state index in [1.54, 1.807) is 17.0 Å². The first kappa shape index (κ1) is 19.4. The smallest absolute Gasteiger partial charge is 0.306 e. The number of nitrogens with zero attached hydrogens (tertiary/aromatic N) is 2. The maximum Gasteiger partial charge on any atom is 0.306 e. The van der Waals surface area contributed by atoms with Crippen LogP contribution in [0.2, 0.25) is 0 Å². The van der Waals surface area contributed by atoms with Gasteiger partial charge in [0.2, 0.25) is 16.8 Å². The Morgan fingerprint density at radius 3 is 2.48 bits per heavy atom. The Morgan fingerprint density at radius 1 is 1.19 bits per heavy atom. The highest BCUT2D eigenvalue weighted by Gasteiger charge is 2.29. The van der Waals surface area contributed by atoms with Crippen molar-refractivity contribution in [1.82, 2.24) is 4.90 Å². The number of likely N-dealkylation sites (tertiary alicyclic amines) is 1. The van der Waals surface area contributed by atoms with Crippen LogP contribution in [-0.2, 0) is 20.5 Å². The molecule has 2 aliphatic heterocycles. The zero-order valence-electron chi connectivity index (χ0n) is 15.2. The number of carboxylic acid groups (broad SMARTS) is 1. The second-order valence-electron chi connectivity index (χ2n) is 7.03. The molecule has 1 saturated heterocycles. The summed E-state index contributed by atoms with van der Waals surface area (Å²) in [5.41, 5.74) is 2.40. The van der Waals surface area contributed by atoms with Crippen molar-refractivity contribution in [2.75, 3.05) is 17.4 Å². The molecule has 0 radical (unpaired) electrons. The van der Waals surface area contributed by atoms with Crippen molar-refractivity contribution in [3.63, 3.8) is 0 Å². The number of rotatable bonds is 5. The molecule has 0 aliphatic carbocycles. The third-order valence-corrected chi connectivity index (χ3v) is 6.34. The number of fused-ring (bicyclic) bond motifs is 1. The van der Waals surface area contributed by atoms with Crippen molar-refractivity contribution in [3.05, 3.63) is 35.4 Å². The van der Waals surface area contributed by atoms with Crippen LogP contribution in [0.15, 0.2) is 29.8 Å². The first-order valence-electron chi connectivity index (χ1n) is 9.12. The van der Waals surface area contributed by atoms with Gasteiger partial charge in [-0.15, -0.1) is 0 Å². The number of anilines is 1. The highest BCUT2D eigenvalue weighted by molar-refractivity contribution is 7.74. The molecule has 0 spiro atoms. The minimum Gasteiger partial charge on any atom is -0.481 e. The third kappa shape index (κ3) is 4.16. The molecule has 2 aliphatic rings. The molecule has 0 bridgehead atoms. The summed E-state index contributed by atoms with van der Waals surface area (Å²) < 4.78 is 24.9. The molecule has 1 aromatic carbocycles. The molecule has 1 amide bonds. The van der Waals surface area contributed by atoms with E-state index in [0.29, 0.717) is 44.5 Å². The topological polar surface area (TPSA) is 95.0 Å². The quantitative estimate of drug-likeness (QED) is 0.747. The molecular weight excluding hydrogens is 368 g/mol. The number of carboxylic acids is 1. The minimum absolute atomic E-state index is 0.0103. The van der Waals surface area contributed by atoms with Crippen molar-refractivity contribution < 1.29 is 23.1 Å². The first-order chi connectivity index (χ1) is 12.9. The number of carbonyl (C=O) groups excluding carboxylic acids is 1. The van der Waals surface area contributed by atoms with Crippen LogP contribution < -0.4 is 4.31 Å². The van der Waals surface area contributed by atoms with Gasteiger partial charge in [0.15, 0.2) is 0 Å². The van der Waals surface area contributed by atoms with Crippen LogP contribution in [0.5, 0.6) is 0 Å². The lowest BCUT2D eigenvalue weighted by Gasteiger charge is -2.33. The lowest BCUT2D eigenvalue weighted by Crippen LogP contribution is -2.40. The summed E-state index contributed by atoms with van der Waals surface area (Å²) in [7, 11) is -2.78. The van der Waals surface area contributed by atoms with Crippen LogP contribution in [0.4, 0.5) is 5.69 Å². The van der Waals surface area contributed by atoms with E-state index in [4.69, 9.17) is 5.11 Å². The Hall–Kier alpha value is -2.35. The highest BCUT2D eigenvalue weighted by atomic mass is 32.2. The number of hydrogen-bond acceptors (Lipinski definition) is 4. The summed E-state index contributed by atoms with van der Waals surface area (Å²) >= 11 is 0. The Bertz CT molecular complexity index is 832. The Balaban J connectivity index is 1.66. The van der Waals surface area contributed by atoms with Crippen molar-refractivity contribution in [2.45, 2.75) is 38.6 Å². The molecule has 8 heteroatoms. The zero-order valence-corrected chi connectivity index (χ0v) is 16.1. The van der Waals surface area contributed by atoms with Gasteiger partial charge in [0.1, 0.15) is 0 Å². The van der Waals surface area contributed by atoms with Gasteiger partial charge >= 0.3 is 5.97 Å². The molecular formula is C19H24N2O5S. The lowest BCUT2D eigenvalue weighted by molar-refractivity contribution is -0.145. The molecule has 1 atom stereocenters. The number of thiol groups is 1. The average Bonchev–Trinajstić information content (AvgIpc) is 2.65. The SMILES string of the molecule is C[C@@H]1C(CCC(=O)N2CCC(C(=O)O)CC2)=Cc2ccccc2N1[SH](=O)=O. The van der Waals surface area contributed by atoms with E-state index < -0.39 is 16.9 Å². The molecule has 0 unspecified atom stereocenters. The maximum atomic E-state index is 12.5. The fourth-order valence-electron chi connectivity index (χ4n) is 3.80. The Morgan fingerprint density at radius 2 is 1.85 bits per heavy atom. The summed E-state index contributed by atoms with van der Waals surface area (Å²) in [5.74, 6) is -1.17. The molecule has 1 fully saturated rings. The van der Waals surface area contributed by atoms with Gasteiger partial charge in [-0.1, -0.05) is 24.3 Å². The van der Waals surface area contributed by atoms with E-state index in [0.717, 1.165) is 11.1 Å². The second kappa shape index (κ2) is 8.12. The van der Waals surface area contributed by atoms with Crippen LogP contribution in [0.25, 0.3) is 6.08 Å². The molecule has 2 heterocycles.